The predicted octanol–water partition coefficient (Wildman–Crippen LogP) is 2.71. The first-order chi connectivity index (χ1) is 7.73. The van der Waals surface area contributed by atoms with Crippen LogP contribution in [0.3, 0.4) is 0 Å². The maximum Gasteiger partial charge on any atom is 0.311 e. The molecule has 100 valence electrons. The van der Waals surface area contributed by atoms with E-state index < -0.39 is 17.3 Å². The minimum Gasteiger partial charge on any atom is -0.481 e. The van der Waals surface area contributed by atoms with Gasteiger partial charge in [0.25, 0.3) is 0 Å². The average Bonchev–Trinajstić information content (AvgIpc) is 2.23. The Morgan fingerprint density at radius 2 is 1.82 bits per heavy atom. The summed E-state index contributed by atoms with van der Waals surface area (Å²) in [5, 5.41) is 8.84. The molecule has 0 amide bonds. The molecular weight excluding hydrogens is 220 g/mol. The summed E-state index contributed by atoms with van der Waals surface area (Å²) in [5.74, 6) is -1.11. The number of ether oxygens (including phenoxy) is 1. The molecule has 0 aromatic heterocycles. The van der Waals surface area contributed by atoms with Gasteiger partial charge in [0.1, 0.15) is 0 Å². The molecule has 0 bridgehead atoms. The summed E-state index contributed by atoms with van der Waals surface area (Å²) < 4.78 is 4.82. The third kappa shape index (κ3) is 5.20. The molecule has 0 aliphatic heterocycles. The molecule has 0 heterocycles. The number of aliphatic carboxylic acids is 1. The van der Waals surface area contributed by atoms with Gasteiger partial charge < -0.3 is 9.84 Å². The molecule has 0 fully saturated rings. The number of carboxylic acids is 1. The lowest BCUT2D eigenvalue weighted by atomic mass is 9.77. The van der Waals surface area contributed by atoms with Crippen molar-refractivity contribution in [2.24, 2.45) is 17.3 Å². The van der Waals surface area contributed by atoms with Crippen molar-refractivity contribution < 1.29 is 19.4 Å². The van der Waals surface area contributed by atoms with E-state index in [1.54, 1.807) is 6.92 Å². The molecule has 0 rings (SSSR count). The Kier molecular flexibility index (Phi) is 6.21. The summed E-state index contributed by atoms with van der Waals surface area (Å²) in [4.78, 5) is 22.5. The summed E-state index contributed by atoms with van der Waals surface area (Å²) in [7, 11) is 1.38. The largest absolute Gasteiger partial charge is 0.481 e. The number of carboxylic acid groups (broad SMARTS) is 1. The molecule has 0 radical (unpaired) electrons. The van der Waals surface area contributed by atoms with Crippen molar-refractivity contribution in [2.75, 3.05) is 7.11 Å². The minimum absolute atomic E-state index is 0.246. The zero-order chi connectivity index (χ0) is 13.6. The fourth-order valence-corrected chi connectivity index (χ4v) is 2.09. The molecule has 4 nitrogen and oxygen atoms in total. The summed E-state index contributed by atoms with van der Waals surface area (Å²) in [6.07, 6.45) is 1.75. The smallest absolute Gasteiger partial charge is 0.311 e. The number of carbonyl (C=O) groups is 2. The standard InChI is InChI=1S/C13H24O4/c1-9(2)8-13(4,12(16)17-5)7-6-10(3)11(14)15/h9-10H,6-8H2,1-5H3,(H,14,15). The third-order valence-corrected chi connectivity index (χ3v) is 3.09. The van der Waals surface area contributed by atoms with Gasteiger partial charge in [-0.1, -0.05) is 20.8 Å². The van der Waals surface area contributed by atoms with E-state index >= 15 is 0 Å². The van der Waals surface area contributed by atoms with Crippen LogP contribution in [0.25, 0.3) is 0 Å². The second kappa shape index (κ2) is 6.62. The van der Waals surface area contributed by atoms with Crippen molar-refractivity contribution >= 4 is 11.9 Å². The highest BCUT2D eigenvalue weighted by Gasteiger charge is 2.35. The van der Waals surface area contributed by atoms with E-state index in [0.29, 0.717) is 25.2 Å². The molecule has 0 aromatic rings. The molecule has 1 N–H and O–H groups in total. The molecule has 17 heavy (non-hydrogen) atoms. The first-order valence-corrected chi connectivity index (χ1v) is 6.04. The molecule has 2 atom stereocenters. The highest BCUT2D eigenvalue weighted by molar-refractivity contribution is 5.76. The van der Waals surface area contributed by atoms with Crippen molar-refractivity contribution in [3.05, 3.63) is 0 Å². The van der Waals surface area contributed by atoms with Crippen LogP contribution in [0.2, 0.25) is 0 Å². The van der Waals surface area contributed by atoms with Gasteiger partial charge in [-0.25, -0.2) is 0 Å². The van der Waals surface area contributed by atoms with Crippen LogP contribution in [0.15, 0.2) is 0 Å². The van der Waals surface area contributed by atoms with E-state index in [4.69, 9.17) is 9.84 Å². The molecule has 0 saturated heterocycles. The number of esters is 1. The molecule has 2 unspecified atom stereocenters. The SMILES string of the molecule is COC(=O)C(C)(CCC(C)C(=O)O)CC(C)C. The second-order valence-corrected chi connectivity index (χ2v) is 5.43. The zero-order valence-electron chi connectivity index (χ0n) is 11.4. The molecular formula is C13H24O4. The molecule has 0 aliphatic rings. The van der Waals surface area contributed by atoms with Gasteiger partial charge in [-0.05, 0) is 32.1 Å². The van der Waals surface area contributed by atoms with Crippen LogP contribution in [0.4, 0.5) is 0 Å². The lowest BCUT2D eigenvalue weighted by molar-refractivity contribution is -0.154. The number of methoxy groups -OCH3 is 1. The quantitative estimate of drug-likeness (QED) is 0.699. The van der Waals surface area contributed by atoms with Crippen LogP contribution in [-0.2, 0) is 14.3 Å². The van der Waals surface area contributed by atoms with E-state index in [1.807, 2.05) is 20.8 Å². The molecule has 0 saturated carbocycles. The number of hydrogen-bond donors (Lipinski definition) is 1. The monoisotopic (exact) mass is 244 g/mol. The summed E-state index contributed by atoms with van der Waals surface area (Å²) in [6.45, 7) is 7.60. The van der Waals surface area contributed by atoms with Gasteiger partial charge in [0.15, 0.2) is 0 Å². The van der Waals surface area contributed by atoms with E-state index in [-0.39, 0.29) is 5.97 Å². The van der Waals surface area contributed by atoms with Gasteiger partial charge in [0, 0.05) is 0 Å². The maximum absolute atomic E-state index is 11.8. The van der Waals surface area contributed by atoms with Crippen LogP contribution >= 0.6 is 0 Å². The topological polar surface area (TPSA) is 63.6 Å². The lowest BCUT2D eigenvalue weighted by Gasteiger charge is -2.29. The lowest BCUT2D eigenvalue weighted by Crippen LogP contribution is -2.31. The fraction of sp³-hybridized carbons (Fsp3) is 0.846. The first kappa shape index (κ1) is 15.9. The van der Waals surface area contributed by atoms with E-state index in [0.717, 1.165) is 0 Å². The van der Waals surface area contributed by atoms with Gasteiger partial charge in [0.2, 0.25) is 0 Å². The van der Waals surface area contributed by atoms with Crippen molar-refractivity contribution in [1.29, 1.82) is 0 Å². The molecule has 0 aromatic carbocycles. The minimum atomic E-state index is -0.818. The Morgan fingerprint density at radius 3 is 2.18 bits per heavy atom. The van der Waals surface area contributed by atoms with Crippen LogP contribution in [0, 0.1) is 17.3 Å². The summed E-state index contributed by atoms with van der Waals surface area (Å²) in [5.41, 5.74) is -0.577. The normalized spacial score (nSPS) is 16.4. The highest BCUT2D eigenvalue weighted by Crippen LogP contribution is 2.34. The number of carbonyl (C=O) groups excluding carboxylic acids is 1. The first-order valence-electron chi connectivity index (χ1n) is 6.04. The second-order valence-electron chi connectivity index (χ2n) is 5.43. The molecule has 4 heteroatoms. The van der Waals surface area contributed by atoms with Crippen LogP contribution in [0.5, 0.6) is 0 Å². The number of hydrogen-bond acceptors (Lipinski definition) is 3. The Hall–Kier alpha value is -1.06. The molecule has 0 spiro atoms. The maximum atomic E-state index is 11.8. The van der Waals surface area contributed by atoms with E-state index in [1.165, 1.54) is 7.11 Å². The van der Waals surface area contributed by atoms with E-state index in [2.05, 4.69) is 0 Å². The van der Waals surface area contributed by atoms with Crippen molar-refractivity contribution in [3.63, 3.8) is 0 Å². The van der Waals surface area contributed by atoms with Crippen molar-refractivity contribution in [3.8, 4) is 0 Å². The average molecular weight is 244 g/mol. The Labute approximate surface area is 103 Å². The van der Waals surface area contributed by atoms with Crippen molar-refractivity contribution in [1.82, 2.24) is 0 Å². The van der Waals surface area contributed by atoms with Crippen LogP contribution in [0.1, 0.15) is 47.0 Å². The van der Waals surface area contributed by atoms with Crippen LogP contribution < -0.4 is 0 Å². The Morgan fingerprint density at radius 1 is 1.29 bits per heavy atom. The van der Waals surface area contributed by atoms with Gasteiger partial charge in [0.05, 0.1) is 18.4 Å². The third-order valence-electron chi connectivity index (χ3n) is 3.09. The van der Waals surface area contributed by atoms with Gasteiger partial charge in [-0.2, -0.15) is 0 Å². The highest BCUT2D eigenvalue weighted by atomic mass is 16.5. The predicted molar refractivity (Wildman–Crippen MR) is 65.6 cm³/mol. The van der Waals surface area contributed by atoms with Gasteiger partial charge in [-0.3, -0.25) is 9.59 Å². The summed E-state index contributed by atoms with van der Waals surface area (Å²) >= 11 is 0. The Bertz CT molecular complexity index is 273. The van der Waals surface area contributed by atoms with Crippen molar-refractivity contribution in [2.45, 2.75) is 47.0 Å². The van der Waals surface area contributed by atoms with Crippen LogP contribution in [-0.4, -0.2) is 24.2 Å². The fourth-order valence-electron chi connectivity index (χ4n) is 2.09. The zero-order valence-corrected chi connectivity index (χ0v) is 11.4. The Balaban J connectivity index is 4.60. The summed E-state index contributed by atoms with van der Waals surface area (Å²) in [6, 6.07) is 0. The number of rotatable bonds is 7. The van der Waals surface area contributed by atoms with E-state index in [9.17, 15) is 9.59 Å². The van der Waals surface area contributed by atoms with Gasteiger partial charge in [-0.15, -0.1) is 0 Å². The van der Waals surface area contributed by atoms with Gasteiger partial charge >= 0.3 is 11.9 Å². The molecule has 0 aliphatic carbocycles.